The molecule has 1 saturated carbocycles. The number of hydrogen-bond acceptors (Lipinski definition) is 2. The van der Waals surface area contributed by atoms with Crippen LogP contribution >= 0.6 is 39.1 Å². The number of hydrogen-bond donors (Lipinski definition) is 1. The van der Waals surface area contributed by atoms with Crippen LogP contribution in [0.4, 0.5) is 4.39 Å². The second-order valence-corrected chi connectivity index (χ2v) is 7.12. The number of fused-ring (bicyclic) bond motifs is 1. The first-order chi connectivity index (χ1) is 10.5. The molecule has 0 unspecified atom stereocenters. The summed E-state index contributed by atoms with van der Waals surface area (Å²) in [5.74, 6) is -0.463. The predicted octanol–water partition coefficient (Wildman–Crippen LogP) is 5.25. The van der Waals surface area contributed by atoms with E-state index >= 15 is 0 Å². The van der Waals surface area contributed by atoms with Gasteiger partial charge in [-0.15, -0.1) is 0 Å². The second-order valence-electron chi connectivity index (χ2n) is 5.42. The van der Waals surface area contributed by atoms with Gasteiger partial charge in [0, 0.05) is 32.1 Å². The van der Waals surface area contributed by atoms with Gasteiger partial charge < -0.3 is 0 Å². The Bertz CT molecular complexity index is 905. The fourth-order valence-electron chi connectivity index (χ4n) is 2.95. The van der Waals surface area contributed by atoms with Gasteiger partial charge in [-0.3, -0.25) is 5.10 Å². The molecular formula is C15H9BrCl2FN3. The molecule has 1 aliphatic carbocycles. The van der Waals surface area contributed by atoms with Crippen molar-refractivity contribution < 1.29 is 4.39 Å². The molecule has 4 rings (SSSR count). The highest BCUT2D eigenvalue weighted by Crippen LogP contribution is 2.58. The molecule has 0 bridgehead atoms. The molecule has 0 amide bonds. The summed E-state index contributed by atoms with van der Waals surface area (Å²) in [5.41, 5.74) is 1.70. The Morgan fingerprint density at radius 2 is 2.05 bits per heavy atom. The summed E-state index contributed by atoms with van der Waals surface area (Å²) in [7, 11) is 0. The van der Waals surface area contributed by atoms with E-state index in [1.54, 1.807) is 12.3 Å². The van der Waals surface area contributed by atoms with E-state index in [1.807, 2.05) is 6.07 Å². The highest BCUT2D eigenvalue weighted by atomic mass is 79.9. The zero-order valence-electron chi connectivity index (χ0n) is 11.1. The van der Waals surface area contributed by atoms with Crippen LogP contribution < -0.4 is 0 Å². The maximum atomic E-state index is 13.9. The lowest BCUT2D eigenvalue weighted by Crippen LogP contribution is -2.12. The van der Waals surface area contributed by atoms with E-state index in [1.165, 1.54) is 6.07 Å². The Kier molecular flexibility index (Phi) is 3.22. The number of benzene rings is 1. The number of halogens is 4. The number of nitrogens with zero attached hydrogens (tertiary/aromatic N) is 2. The summed E-state index contributed by atoms with van der Waals surface area (Å²) in [6.45, 7) is 0. The predicted molar refractivity (Wildman–Crippen MR) is 88.0 cm³/mol. The molecule has 3 nitrogen and oxygen atoms in total. The van der Waals surface area contributed by atoms with Gasteiger partial charge in [0.1, 0.15) is 5.82 Å². The van der Waals surface area contributed by atoms with Crippen molar-refractivity contribution in [1.29, 1.82) is 0 Å². The molecule has 112 valence electrons. The lowest BCUT2D eigenvalue weighted by molar-refractivity contribution is 0.622. The third kappa shape index (κ3) is 1.99. The first-order valence-electron chi connectivity index (χ1n) is 6.67. The summed E-state index contributed by atoms with van der Waals surface area (Å²) in [6, 6.07) is 4.78. The Balaban J connectivity index is 1.99. The van der Waals surface area contributed by atoms with Gasteiger partial charge in [0.05, 0.1) is 10.7 Å². The summed E-state index contributed by atoms with van der Waals surface area (Å²) in [6.07, 6.45) is 3.36. The molecule has 3 aromatic rings. The molecule has 2 heterocycles. The third-order valence-electron chi connectivity index (χ3n) is 4.13. The Morgan fingerprint density at radius 3 is 2.77 bits per heavy atom. The van der Waals surface area contributed by atoms with Crippen LogP contribution in [-0.2, 0) is 5.41 Å². The first-order valence-corrected chi connectivity index (χ1v) is 8.22. The van der Waals surface area contributed by atoms with E-state index in [2.05, 4.69) is 31.1 Å². The van der Waals surface area contributed by atoms with E-state index in [4.69, 9.17) is 23.2 Å². The summed E-state index contributed by atoms with van der Waals surface area (Å²) < 4.78 is 14.8. The van der Waals surface area contributed by atoms with E-state index in [0.717, 1.165) is 28.4 Å². The van der Waals surface area contributed by atoms with Crippen molar-refractivity contribution >= 4 is 50.2 Å². The summed E-state index contributed by atoms with van der Waals surface area (Å²) in [5, 5.41) is 8.72. The minimum Gasteiger partial charge on any atom is -0.279 e. The Hall–Kier alpha value is -1.17. The molecular weight excluding hydrogens is 392 g/mol. The minimum absolute atomic E-state index is 0.0794. The van der Waals surface area contributed by atoms with Gasteiger partial charge in [-0.2, -0.15) is 5.10 Å². The van der Waals surface area contributed by atoms with Gasteiger partial charge in [0.15, 0.2) is 5.65 Å². The standard InChI is InChI=1S/C15H9BrCl2FN3/c16-7-5-8-13(21-22-14(8)20-6-7)15(3-4-15)11-9(17)1-2-10(19)12(11)18/h1-2,5-6H,3-4H2,(H,20,21,22). The zero-order chi connectivity index (χ0) is 15.5. The average Bonchev–Trinajstić information content (AvgIpc) is 3.16. The smallest absolute Gasteiger partial charge is 0.181 e. The van der Waals surface area contributed by atoms with Crippen molar-refractivity contribution in [3.8, 4) is 0 Å². The van der Waals surface area contributed by atoms with Gasteiger partial charge in [-0.1, -0.05) is 23.2 Å². The zero-order valence-corrected chi connectivity index (χ0v) is 14.2. The maximum absolute atomic E-state index is 13.9. The molecule has 1 fully saturated rings. The van der Waals surface area contributed by atoms with Crippen LogP contribution in [0.15, 0.2) is 28.9 Å². The number of H-pyrrole nitrogens is 1. The first kappa shape index (κ1) is 14.4. The van der Waals surface area contributed by atoms with E-state index in [-0.39, 0.29) is 5.02 Å². The van der Waals surface area contributed by atoms with Crippen molar-refractivity contribution in [2.45, 2.75) is 18.3 Å². The Labute approximate surface area is 144 Å². The fourth-order valence-corrected chi connectivity index (χ4v) is 4.02. The summed E-state index contributed by atoms with van der Waals surface area (Å²) in [4.78, 5) is 4.27. The molecule has 2 aromatic heterocycles. The largest absolute Gasteiger partial charge is 0.279 e. The molecule has 7 heteroatoms. The monoisotopic (exact) mass is 399 g/mol. The van der Waals surface area contributed by atoms with Crippen LogP contribution in [0.5, 0.6) is 0 Å². The topological polar surface area (TPSA) is 41.6 Å². The SMILES string of the molecule is Fc1ccc(Cl)c(C2(c3[nH]nc4ncc(Br)cc34)CC2)c1Cl. The molecule has 1 aromatic carbocycles. The number of aromatic amines is 1. The van der Waals surface area contributed by atoms with Crippen LogP contribution in [-0.4, -0.2) is 15.2 Å². The lowest BCUT2D eigenvalue weighted by atomic mass is 9.90. The normalized spacial score (nSPS) is 16.2. The molecule has 0 saturated heterocycles. The number of rotatable bonds is 2. The van der Waals surface area contributed by atoms with Gasteiger partial charge in [0.25, 0.3) is 0 Å². The second kappa shape index (κ2) is 4.91. The molecule has 1 aliphatic rings. The number of aromatic nitrogens is 3. The average molecular weight is 401 g/mol. The van der Waals surface area contributed by atoms with Crippen molar-refractivity contribution in [2.24, 2.45) is 0 Å². The lowest BCUT2D eigenvalue weighted by Gasteiger charge is -2.18. The molecule has 0 radical (unpaired) electrons. The minimum atomic E-state index is -0.463. The molecule has 22 heavy (non-hydrogen) atoms. The van der Waals surface area contributed by atoms with Crippen LogP contribution in [0.2, 0.25) is 10.0 Å². The highest BCUT2D eigenvalue weighted by molar-refractivity contribution is 9.10. The van der Waals surface area contributed by atoms with Crippen molar-refractivity contribution in [3.63, 3.8) is 0 Å². The highest BCUT2D eigenvalue weighted by Gasteiger charge is 2.51. The van der Waals surface area contributed by atoms with Crippen LogP contribution in [0.25, 0.3) is 11.0 Å². The fraction of sp³-hybridized carbons (Fsp3) is 0.200. The van der Waals surface area contributed by atoms with Gasteiger partial charge in [-0.25, -0.2) is 9.37 Å². The number of pyridine rings is 1. The van der Waals surface area contributed by atoms with E-state index in [9.17, 15) is 4.39 Å². The van der Waals surface area contributed by atoms with Crippen molar-refractivity contribution in [2.75, 3.05) is 0 Å². The molecule has 0 atom stereocenters. The van der Waals surface area contributed by atoms with Crippen LogP contribution in [0.3, 0.4) is 0 Å². The quantitative estimate of drug-likeness (QED) is 0.597. The third-order valence-corrected chi connectivity index (χ3v) is 5.25. The van der Waals surface area contributed by atoms with Crippen LogP contribution in [0.1, 0.15) is 24.1 Å². The summed E-state index contributed by atoms with van der Waals surface area (Å²) >= 11 is 15.9. The van der Waals surface area contributed by atoms with Crippen molar-refractivity contribution in [3.05, 3.63) is 56.0 Å². The maximum Gasteiger partial charge on any atom is 0.181 e. The van der Waals surface area contributed by atoms with Gasteiger partial charge in [-0.05, 0) is 47.0 Å². The van der Waals surface area contributed by atoms with Crippen molar-refractivity contribution in [1.82, 2.24) is 15.2 Å². The van der Waals surface area contributed by atoms with Crippen LogP contribution in [0, 0.1) is 5.82 Å². The van der Waals surface area contributed by atoms with E-state index < -0.39 is 11.2 Å². The number of nitrogens with one attached hydrogen (secondary N) is 1. The molecule has 0 spiro atoms. The molecule has 1 N–H and O–H groups in total. The van der Waals surface area contributed by atoms with E-state index in [0.29, 0.717) is 16.2 Å². The van der Waals surface area contributed by atoms with Gasteiger partial charge >= 0.3 is 0 Å². The van der Waals surface area contributed by atoms with Gasteiger partial charge in [0.2, 0.25) is 0 Å². The molecule has 0 aliphatic heterocycles. The Morgan fingerprint density at radius 1 is 1.27 bits per heavy atom.